The van der Waals surface area contributed by atoms with Crippen molar-refractivity contribution in [3.63, 3.8) is 0 Å². The van der Waals surface area contributed by atoms with Crippen molar-refractivity contribution in [2.75, 3.05) is 41.9 Å². The van der Waals surface area contributed by atoms with E-state index in [4.69, 9.17) is 9.47 Å². The predicted octanol–water partition coefficient (Wildman–Crippen LogP) is 5.37. The predicted molar refractivity (Wildman–Crippen MR) is 226 cm³/mol. The highest BCUT2D eigenvalue weighted by Gasteiger charge is 2.44. The van der Waals surface area contributed by atoms with Gasteiger partial charge in [0.25, 0.3) is 0 Å². The lowest BCUT2D eigenvalue weighted by Gasteiger charge is -2.41. The summed E-state index contributed by atoms with van der Waals surface area (Å²) in [4.78, 5) is 75.2. The third kappa shape index (κ3) is 13.1. The molecule has 2 N–H and O–H groups in total. The van der Waals surface area contributed by atoms with Crippen LogP contribution in [0.1, 0.15) is 107 Å². The quantitative estimate of drug-likeness (QED) is 0.151. The maximum absolute atomic E-state index is 14.3. The molecule has 57 heavy (non-hydrogen) atoms. The number of benzene rings is 1. The SMILES string of the molecule is CC[C@H](C)[C@@H]([C@@H](CC(=O)N1CCC[C@H]1[C@H](OC)[C@@H](C)C(=O)N[C@@H](Cc1ccccc1)C(=O)C(C)(C)CC)OC)N(C)C(=O)[C@@H](NC(=O)[C@H](C(C)C)N(C)C)C(C)C. The van der Waals surface area contributed by atoms with Gasteiger partial charge in [-0.3, -0.25) is 28.9 Å². The zero-order valence-corrected chi connectivity index (χ0v) is 37.9. The number of methoxy groups -OCH3 is 2. The molecule has 1 aromatic carbocycles. The molecule has 2 rings (SSSR count). The second-order valence-electron chi connectivity index (χ2n) is 17.8. The monoisotopic (exact) mass is 800 g/mol. The largest absolute Gasteiger partial charge is 0.379 e. The second kappa shape index (κ2) is 22.7. The van der Waals surface area contributed by atoms with Crippen LogP contribution in [0.15, 0.2) is 30.3 Å². The van der Waals surface area contributed by atoms with Crippen LogP contribution in [0.3, 0.4) is 0 Å². The number of ketones is 1. The van der Waals surface area contributed by atoms with Crippen LogP contribution in [0, 0.1) is 29.1 Å². The first-order valence-electron chi connectivity index (χ1n) is 21.2. The molecule has 12 nitrogen and oxygen atoms in total. The molecule has 0 unspecified atom stereocenters. The summed E-state index contributed by atoms with van der Waals surface area (Å²) >= 11 is 0. The lowest BCUT2D eigenvalue weighted by Crippen LogP contribution is -2.59. The lowest BCUT2D eigenvalue weighted by atomic mass is 9.80. The fourth-order valence-corrected chi connectivity index (χ4v) is 8.42. The first kappa shape index (κ1) is 49.8. The van der Waals surface area contributed by atoms with Crippen LogP contribution in [-0.4, -0.2) is 128 Å². The Morgan fingerprint density at radius 3 is 1.98 bits per heavy atom. The fourth-order valence-electron chi connectivity index (χ4n) is 8.42. The van der Waals surface area contributed by atoms with Gasteiger partial charge < -0.3 is 29.9 Å². The third-order valence-corrected chi connectivity index (χ3v) is 12.4. The molecule has 0 aliphatic carbocycles. The zero-order chi connectivity index (χ0) is 43.4. The summed E-state index contributed by atoms with van der Waals surface area (Å²) in [6.07, 6.45) is 1.91. The van der Waals surface area contributed by atoms with E-state index in [9.17, 15) is 24.0 Å². The van der Waals surface area contributed by atoms with Gasteiger partial charge in [0.15, 0.2) is 5.78 Å². The maximum Gasteiger partial charge on any atom is 0.245 e. The molecule has 1 aromatic rings. The average molecular weight is 800 g/mol. The summed E-state index contributed by atoms with van der Waals surface area (Å²) in [6.45, 7) is 20.0. The number of likely N-dealkylation sites (N-methyl/N-ethyl adjacent to an activating group) is 2. The van der Waals surface area contributed by atoms with Crippen LogP contribution in [0.2, 0.25) is 0 Å². The van der Waals surface area contributed by atoms with Crippen LogP contribution in [0.4, 0.5) is 0 Å². The fraction of sp³-hybridized carbons (Fsp3) is 0.756. The van der Waals surface area contributed by atoms with Crippen LogP contribution < -0.4 is 10.6 Å². The number of nitrogens with zero attached hydrogens (tertiary/aromatic N) is 3. The molecule has 0 bridgehead atoms. The standard InChI is InChI=1S/C45H77N5O7/c1-16-30(7)39(49(13)44(55)37(28(3)4)47-43(54)38(29(5)6)48(11)12)35(56-14)27-36(51)50-25-21-24-34(50)40(57-15)31(8)42(53)46-33(41(52)45(9,10)17-2)26-32-22-19-18-20-23-32/h18-20,22-23,28-31,33-35,37-40H,16-17,21,24-27H2,1-15H3,(H,46,53)(H,47,54)/t30-,31+,33-,34-,35+,37-,38-,39-,40+/m0/s1. The van der Waals surface area contributed by atoms with Gasteiger partial charge in [-0.25, -0.2) is 0 Å². The van der Waals surface area contributed by atoms with Crippen molar-refractivity contribution >= 4 is 29.4 Å². The van der Waals surface area contributed by atoms with E-state index in [1.807, 2.05) is 112 Å². The molecular weight excluding hydrogens is 723 g/mol. The summed E-state index contributed by atoms with van der Waals surface area (Å²) < 4.78 is 12.1. The smallest absolute Gasteiger partial charge is 0.245 e. The van der Waals surface area contributed by atoms with Crippen LogP contribution in [0.25, 0.3) is 0 Å². The molecule has 9 atom stereocenters. The van der Waals surface area contributed by atoms with Crippen molar-refractivity contribution in [3.8, 4) is 0 Å². The highest BCUT2D eigenvalue weighted by molar-refractivity contribution is 5.93. The lowest BCUT2D eigenvalue weighted by molar-refractivity contribution is -0.148. The number of amides is 4. The Labute approximate surface area is 344 Å². The molecular formula is C45H77N5O7. The van der Waals surface area contributed by atoms with Gasteiger partial charge in [0.05, 0.1) is 48.7 Å². The summed E-state index contributed by atoms with van der Waals surface area (Å²) in [7, 11) is 8.58. The zero-order valence-electron chi connectivity index (χ0n) is 37.9. The van der Waals surface area contributed by atoms with E-state index in [1.165, 1.54) is 0 Å². The Bertz CT molecular complexity index is 1440. The molecule has 1 fully saturated rings. The van der Waals surface area contributed by atoms with Gasteiger partial charge in [-0.05, 0) is 63.1 Å². The van der Waals surface area contributed by atoms with Crippen molar-refractivity contribution in [1.29, 1.82) is 0 Å². The number of nitrogens with one attached hydrogen (secondary N) is 2. The number of hydrogen-bond donors (Lipinski definition) is 2. The first-order valence-corrected chi connectivity index (χ1v) is 21.2. The average Bonchev–Trinajstić information content (AvgIpc) is 3.65. The number of Topliss-reactive ketones (excluding diaryl/α,β-unsaturated/α-hetero) is 1. The van der Waals surface area contributed by atoms with Gasteiger partial charge in [0.2, 0.25) is 23.6 Å². The van der Waals surface area contributed by atoms with E-state index in [-0.39, 0.29) is 59.6 Å². The minimum Gasteiger partial charge on any atom is -0.379 e. The highest BCUT2D eigenvalue weighted by Crippen LogP contribution is 2.30. The van der Waals surface area contributed by atoms with E-state index >= 15 is 0 Å². The topological polar surface area (TPSA) is 138 Å². The first-order chi connectivity index (χ1) is 26.7. The van der Waals surface area contributed by atoms with Crippen molar-refractivity contribution < 1.29 is 33.4 Å². The molecule has 0 aromatic heterocycles. The number of carbonyl (C=O) groups excluding carboxylic acids is 5. The van der Waals surface area contributed by atoms with Gasteiger partial charge in [0, 0.05) is 33.2 Å². The molecule has 0 spiro atoms. The molecule has 1 heterocycles. The van der Waals surface area contributed by atoms with Gasteiger partial charge in [0.1, 0.15) is 6.04 Å². The second-order valence-corrected chi connectivity index (χ2v) is 17.8. The van der Waals surface area contributed by atoms with Crippen molar-refractivity contribution in [2.24, 2.45) is 29.1 Å². The Kier molecular flexibility index (Phi) is 19.8. The summed E-state index contributed by atoms with van der Waals surface area (Å²) in [5.74, 6) is -1.73. The summed E-state index contributed by atoms with van der Waals surface area (Å²) in [6, 6.07) is 6.96. The Morgan fingerprint density at radius 1 is 0.877 bits per heavy atom. The van der Waals surface area contributed by atoms with Crippen LogP contribution >= 0.6 is 0 Å². The van der Waals surface area contributed by atoms with E-state index in [0.29, 0.717) is 25.8 Å². The van der Waals surface area contributed by atoms with Gasteiger partial charge in [-0.1, -0.05) is 106 Å². The Hall–Kier alpha value is -3.35. The number of ether oxygens (including phenoxy) is 2. The molecule has 0 saturated carbocycles. The Morgan fingerprint density at radius 2 is 1.49 bits per heavy atom. The van der Waals surface area contributed by atoms with Crippen molar-refractivity contribution in [2.45, 2.75) is 150 Å². The minimum atomic E-state index is -0.767. The van der Waals surface area contributed by atoms with E-state index in [1.54, 1.807) is 38.0 Å². The number of hydrogen-bond acceptors (Lipinski definition) is 8. The van der Waals surface area contributed by atoms with Gasteiger partial charge in [-0.15, -0.1) is 0 Å². The summed E-state index contributed by atoms with van der Waals surface area (Å²) in [5, 5.41) is 6.12. The molecule has 324 valence electrons. The molecule has 1 aliphatic heterocycles. The van der Waals surface area contributed by atoms with E-state index < -0.39 is 47.7 Å². The molecule has 1 saturated heterocycles. The van der Waals surface area contributed by atoms with Gasteiger partial charge in [-0.2, -0.15) is 0 Å². The van der Waals surface area contributed by atoms with Crippen molar-refractivity contribution in [3.05, 3.63) is 35.9 Å². The van der Waals surface area contributed by atoms with E-state index in [0.717, 1.165) is 18.4 Å². The third-order valence-electron chi connectivity index (χ3n) is 12.4. The molecule has 0 radical (unpaired) electrons. The highest BCUT2D eigenvalue weighted by atomic mass is 16.5. The Balaban J connectivity index is 2.33. The van der Waals surface area contributed by atoms with Crippen molar-refractivity contribution in [1.82, 2.24) is 25.3 Å². The normalized spacial score (nSPS) is 19.1. The number of rotatable bonds is 23. The van der Waals surface area contributed by atoms with Gasteiger partial charge >= 0.3 is 0 Å². The number of carbonyl (C=O) groups is 5. The number of likely N-dealkylation sites (tertiary alicyclic amines) is 1. The summed E-state index contributed by atoms with van der Waals surface area (Å²) in [5.41, 5.74) is 0.331. The molecule has 4 amide bonds. The minimum absolute atomic E-state index is 0.0190. The molecule has 12 heteroatoms. The molecule has 1 aliphatic rings. The maximum atomic E-state index is 14.3. The van der Waals surface area contributed by atoms with Crippen LogP contribution in [0.5, 0.6) is 0 Å². The van der Waals surface area contributed by atoms with Crippen LogP contribution in [-0.2, 0) is 39.9 Å². The van der Waals surface area contributed by atoms with E-state index in [2.05, 4.69) is 10.6 Å².